The molecular weight excluding hydrogens is 304 g/mol. The van der Waals surface area contributed by atoms with Gasteiger partial charge in [0.1, 0.15) is 4.90 Å². The summed E-state index contributed by atoms with van der Waals surface area (Å²) >= 11 is 3.36. The topological polar surface area (TPSA) is 54.4 Å². The van der Waals surface area contributed by atoms with Gasteiger partial charge in [-0.15, -0.1) is 0 Å². The average molecular weight is 313 g/mol. The van der Waals surface area contributed by atoms with E-state index in [1.807, 2.05) is 12.1 Å². The molecule has 0 heterocycles. The minimum absolute atomic E-state index is 0.0908. The Labute approximate surface area is 108 Å². The van der Waals surface area contributed by atoms with Crippen LogP contribution in [0.4, 0.5) is 0 Å². The highest BCUT2D eigenvalue weighted by molar-refractivity contribution is 9.10. The van der Waals surface area contributed by atoms with E-state index in [1.54, 1.807) is 30.3 Å². The molecule has 0 bridgehead atoms. The maximum Gasteiger partial charge on any atom is 0.295 e. The molecule has 0 unspecified atom stereocenters. The van der Waals surface area contributed by atoms with Crippen molar-refractivity contribution < 1.29 is 13.0 Å². The Morgan fingerprint density at radius 2 is 1.41 bits per heavy atom. The third-order valence-corrected chi connectivity index (χ3v) is 3.93. The minimum atomic E-state index is -4.22. The van der Waals surface area contributed by atoms with Crippen molar-refractivity contribution >= 4 is 26.0 Å². The van der Waals surface area contributed by atoms with Gasteiger partial charge < -0.3 is 0 Å². The molecule has 88 valence electrons. The maximum absolute atomic E-state index is 11.3. The summed E-state index contributed by atoms with van der Waals surface area (Å²) in [6.07, 6.45) is 0. The second-order valence-corrected chi connectivity index (χ2v) is 5.70. The number of rotatable bonds is 2. The molecule has 17 heavy (non-hydrogen) atoms. The quantitative estimate of drug-likeness (QED) is 0.865. The fourth-order valence-corrected chi connectivity index (χ4v) is 2.80. The standard InChI is InChI=1S/C12H9BrO3S/c13-11-7-3-1-5-9(11)10-6-2-4-8-12(10)17(14,15)16/h1-8H,(H,14,15,16). The van der Waals surface area contributed by atoms with Gasteiger partial charge in [-0.05, 0) is 17.7 Å². The first kappa shape index (κ1) is 12.3. The van der Waals surface area contributed by atoms with Gasteiger partial charge in [0.25, 0.3) is 10.1 Å². The predicted molar refractivity (Wildman–Crippen MR) is 69.4 cm³/mol. The van der Waals surface area contributed by atoms with Crippen LogP contribution in [0.2, 0.25) is 0 Å². The Bertz CT molecular complexity index is 650. The van der Waals surface area contributed by atoms with E-state index in [9.17, 15) is 13.0 Å². The zero-order valence-corrected chi connectivity index (χ0v) is 11.1. The fraction of sp³-hybridized carbons (Fsp3) is 0. The van der Waals surface area contributed by atoms with E-state index < -0.39 is 10.1 Å². The lowest BCUT2D eigenvalue weighted by atomic mass is 10.1. The largest absolute Gasteiger partial charge is 0.295 e. The molecule has 3 nitrogen and oxygen atoms in total. The summed E-state index contributed by atoms with van der Waals surface area (Å²) in [5, 5.41) is 0. The molecule has 0 spiro atoms. The number of halogens is 1. The van der Waals surface area contributed by atoms with E-state index in [0.29, 0.717) is 5.56 Å². The molecular formula is C12H9BrO3S. The molecule has 0 aromatic heterocycles. The van der Waals surface area contributed by atoms with E-state index in [4.69, 9.17) is 0 Å². The fourth-order valence-electron chi connectivity index (χ4n) is 1.59. The molecule has 1 N–H and O–H groups in total. The third kappa shape index (κ3) is 2.57. The van der Waals surface area contributed by atoms with Crippen molar-refractivity contribution in [2.45, 2.75) is 4.90 Å². The van der Waals surface area contributed by atoms with Crippen LogP contribution in [-0.4, -0.2) is 13.0 Å². The Morgan fingerprint density at radius 3 is 2.00 bits per heavy atom. The van der Waals surface area contributed by atoms with Gasteiger partial charge in [-0.25, -0.2) is 0 Å². The van der Waals surface area contributed by atoms with Gasteiger partial charge in [0, 0.05) is 10.0 Å². The molecule has 0 amide bonds. The van der Waals surface area contributed by atoms with Crippen molar-refractivity contribution in [3.05, 3.63) is 53.0 Å². The molecule has 0 aliphatic heterocycles. The van der Waals surface area contributed by atoms with Crippen LogP contribution in [0.5, 0.6) is 0 Å². The van der Waals surface area contributed by atoms with Gasteiger partial charge in [0.15, 0.2) is 0 Å². The molecule has 2 aromatic carbocycles. The van der Waals surface area contributed by atoms with E-state index >= 15 is 0 Å². The lowest BCUT2D eigenvalue weighted by molar-refractivity contribution is 0.483. The number of benzene rings is 2. The summed E-state index contributed by atoms with van der Waals surface area (Å²) in [5.41, 5.74) is 1.20. The molecule has 2 rings (SSSR count). The minimum Gasteiger partial charge on any atom is -0.282 e. The van der Waals surface area contributed by atoms with Crippen molar-refractivity contribution in [2.24, 2.45) is 0 Å². The zero-order valence-electron chi connectivity index (χ0n) is 8.67. The highest BCUT2D eigenvalue weighted by Gasteiger charge is 2.16. The molecule has 0 aliphatic carbocycles. The van der Waals surface area contributed by atoms with Crippen LogP contribution >= 0.6 is 15.9 Å². The smallest absolute Gasteiger partial charge is 0.282 e. The van der Waals surface area contributed by atoms with Crippen LogP contribution in [0.3, 0.4) is 0 Å². The Kier molecular flexibility index (Phi) is 3.33. The molecule has 5 heteroatoms. The second-order valence-electron chi connectivity index (χ2n) is 3.45. The summed E-state index contributed by atoms with van der Waals surface area (Å²) in [7, 11) is -4.22. The SMILES string of the molecule is O=S(=O)(O)c1ccccc1-c1ccccc1Br. The van der Waals surface area contributed by atoms with Crippen molar-refractivity contribution in [3.63, 3.8) is 0 Å². The number of hydrogen-bond acceptors (Lipinski definition) is 2. The predicted octanol–water partition coefficient (Wildman–Crippen LogP) is 3.36. The maximum atomic E-state index is 11.3. The van der Waals surface area contributed by atoms with Gasteiger partial charge in [0.2, 0.25) is 0 Å². The van der Waals surface area contributed by atoms with Crippen LogP contribution in [0, 0.1) is 0 Å². The summed E-state index contributed by atoms with van der Waals surface area (Å²) < 4.78 is 32.5. The van der Waals surface area contributed by atoms with Crippen molar-refractivity contribution in [1.29, 1.82) is 0 Å². The van der Waals surface area contributed by atoms with Crippen LogP contribution in [-0.2, 0) is 10.1 Å². The van der Waals surface area contributed by atoms with E-state index in [-0.39, 0.29) is 4.90 Å². The highest BCUT2D eigenvalue weighted by atomic mass is 79.9. The summed E-state index contributed by atoms with van der Waals surface area (Å²) in [6, 6.07) is 13.6. The Balaban J connectivity index is 2.74. The Morgan fingerprint density at radius 1 is 0.882 bits per heavy atom. The molecule has 2 aromatic rings. The summed E-state index contributed by atoms with van der Waals surface area (Å²) in [6.45, 7) is 0. The van der Waals surface area contributed by atoms with Crippen LogP contribution in [0.1, 0.15) is 0 Å². The van der Waals surface area contributed by atoms with Gasteiger partial charge >= 0.3 is 0 Å². The summed E-state index contributed by atoms with van der Waals surface area (Å²) in [4.78, 5) is -0.0908. The average Bonchev–Trinajstić information content (AvgIpc) is 2.28. The van der Waals surface area contributed by atoms with Gasteiger partial charge in [0.05, 0.1) is 0 Å². The molecule has 0 aliphatic rings. The lowest BCUT2D eigenvalue weighted by Gasteiger charge is -2.08. The summed E-state index contributed by atoms with van der Waals surface area (Å²) in [5.74, 6) is 0. The van der Waals surface area contributed by atoms with Crippen LogP contribution in [0.15, 0.2) is 57.9 Å². The van der Waals surface area contributed by atoms with E-state index in [2.05, 4.69) is 15.9 Å². The lowest BCUT2D eigenvalue weighted by Crippen LogP contribution is -2.00. The molecule has 0 atom stereocenters. The molecule has 0 saturated heterocycles. The van der Waals surface area contributed by atoms with E-state index in [0.717, 1.165) is 10.0 Å². The number of hydrogen-bond donors (Lipinski definition) is 1. The zero-order chi connectivity index (χ0) is 12.5. The second kappa shape index (κ2) is 4.60. The van der Waals surface area contributed by atoms with Gasteiger partial charge in [-0.2, -0.15) is 8.42 Å². The van der Waals surface area contributed by atoms with E-state index in [1.165, 1.54) is 6.07 Å². The van der Waals surface area contributed by atoms with Crippen molar-refractivity contribution in [2.75, 3.05) is 0 Å². The molecule has 0 saturated carbocycles. The highest BCUT2D eigenvalue weighted by Crippen LogP contribution is 2.32. The molecule has 0 fully saturated rings. The van der Waals surface area contributed by atoms with Gasteiger partial charge in [-0.3, -0.25) is 4.55 Å². The van der Waals surface area contributed by atoms with Crippen LogP contribution in [0.25, 0.3) is 11.1 Å². The van der Waals surface area contributed by atoms with Crippen LogP contribution < -0.4 is 0 Å². The normalized spacial score (nSPS) is 11.4. The first-order valence-corrected chi connectivity index (χ1v) is 7.05. The van der Waals surface area contributed by atoms with Crippen molar-refractivity contribution in [1.82, 2.24) is 0 Å². The molecule has 0 radical (unpaired) electrons. The first-order chi connectivity index (χ1) is 8.00. The first-order valence-electron chi connectivity index (χ1n) is 4.81. The third-order valence-electron chi connectivity index (χ3n) is 2.33. The Hall–Kier alpha value is -1.17. The van der Waals surface area contributed by atoms with Crippen molar-refractivity contribution in [3.8, 4) is 11.1 Å². The monoisotopic (exact) mass is 312 g/mol. The van der Waals surface area contributed by atoms with Gasteiger partial charge in [-0.1, -0.05) is 52.3 Å².